The van der Waals surface area contributed by atoms with Crippen molar-refractivity contribution in [3.8, 4) is 11.8 Å². The molecule has 0 saturated carbocycles. The van der Waals surface area contributed by atoms with Crippen molar-refractivity contribution in [3.63, 3.8) is 0 Å². The highest BCUT2D eigenvalue weighted by molar-refractivity contribution is 5.79. The van der Waals surface area contributed by atoms with Crippen LogP contribution in [0.3, 0.4) is 0 Å². The Morgan fingerprint density at radius 2 is 1.94 bits per heavy atom. The van der Waals surface area contributed by atoms with E-state index in [1.807, 2.05) is 36.3 Å². The summed E-state index contributed by atoms with van der Waals surface area (Å²) in [5, 5.41) is 7.50. The molecule has 0 aliphatic carbocycles. The van der Waals surface area contributed by atoms with Crippen LogP contribution in [0.2, 0.25) is 0 Å². The van der Waals surface area contributed by atoms with Crippen LogP contribution in [0, 0.1) is 17.8 Å². The molecule has 4 heterocycles. The lowest BCUT2D eigenvalue weighted by atomic mass is 9.93. The van der Waals surface area contributed by atoms with Gasteiger partial charge >= 0.3 is 0 Å². The van der Waals surface area contributed by atoms with Crippen molar-refractivity contribution in [1.82, 2.24) is 25.0 Å². The van der Waals surface area contributed by atoms with E-state index in [0.717, 1.165) is 68.8 Å². The van der Waals surface area contributed by atoms with Crippen LogP contribution >= 0.6 is 0 Å². The zero-order chi connectivity index (χ0) is 23.0. The number of amides is 1. The summed E-state index contributed by atoms with van der Waals surface area (Å²) in [6, 6.07) is 4.41. The first kappa shape index (κ1) is 23.3. The number of anilines is 1. The number of rotatable bonds is 6. The number of hydrogen-bond donors (Lipinski definition) is 1. The third kappa shape index (κ3) is 5.92. The van der Waals surface area contributed by atoms with Gasteiger partial charge in [0.25, 0.3) is 0 Å². The van der Waals surface area contributed by atoms with E-state index in [1.165, 1.54) is 0 Å². The Balaban J connectivity index is 1.24. The molecule has 33 heavy (non-hydrogen) atoms. The van der Waals surface area contributed by atoms with Crippen LogP contribution in [0.15, 0.2) is 30.7 Å². The predicted molar refractivity (Wildman–Crippen MR) is 128 cm³/mol. The summed E-state index contributed by atoms with van der Waals surface area (Å²) in [5.41, 5.74) is 2.01. The fourth-order valence-corrected chi connectivity index (χ4v) is 4.66. The number of methoxy groups -OCH3 is 1. The van der Waals surface area contributed by atoms with Crippen LogP contribution in [0.1, 0.15) is 42.9 Å². The lowest BCUT2D eigenvalue weighted by Crippen LogP contribution is -2.45. The van der Waals surface area contributed by atoms with Gasteiger partial charge in [0.15, 0.2) is 0 Å². The fourth-order valence-electron chi connectivity index (χ4n) is 4.66. The highest BCUT2D eigenvalue weighted by Crippen LogP contribution is 2.27. The summed E-state index contributed by atoms with van der Waals surface area (Å²) in [6.07, 6.45) is 9.43. The molecule has 8 nitrogen and oxygen atoms in total. The van der Waals surface area contributed by atoms with Crippen LogP contribution in [0.25, 0.3) is 0 Å². The lowest BCUT2D eigenvalue weighted by molar-refractivity contribution is -0.137. The topological polar surface area (TPSA) is 75.5 Å². The lowest BCUT2D eigenvalue weighted by Gasteiger charge is -2.37. The number of carbonyl (C=O) groups excluding carboxylic acids is 1. The molecular formula is C25H34N6O2. The molecule has 176 valence electrons. The summed E-state index contributed by atoms with van der Waals surface area (Å²) in [7, 11) is 3.58. The molecule has 0 radical (unpaired) electrons. The minimum Gasteiger partial charge on any atom is -0.380 e. The molecule has 2 aliphatic rings. The second-order valence-corrected chi connectivity index (χ2v) is 8.82. The molecule has 2 aromatic rings. The van der Waals surface area contributed by atoms with Gasteiger partial charge in [-0.25, -0.2) is 4.98 Å². The van der Waals surface area contributed by atoms with Gasteiger partial charge in [-0.2, -0.15) is 5.10 Å². The Morgan fingerprint density at radius 3 is 2.61 bits per heavy atom. The van der Waals surface area contributed by atoms with E-state index in [0.29, 0.717) is 25.1 Å². The number of aromatic nitrogens is 3. The van der Waals surface area contributed by atoms with Crippen LogP contribution in [0.5, 0.6) is 0 Å². The van der Waals surface area contributed by atoms with E-state index in [-0.39, 0.29) is 5.92 Å². The van der Waals surface area contributed by atoms with Crippen LogP contribution in [0.4, 0.5) is 5.82 Å². The number of carbonyl (C=O) groups is 1. The second kappa shape index (κ2) is 11.3. The SMILES string of the molecule is CNCC#Cc1ccc(N2CCC(C(=O)N3CCC(n4cc(COC)cn4)CC3)CC2)nc1. The maximum absolute atomic E-state index is 13.1. The third-order valence-electron chi connectivity index (χ3n) is 6.53. The molecule has 0 atom stereocenters. The largest absolute Gasteiger partial charge is 0.380 e. The maximum atomic E-state index is 13.1. The summed E-state index contributed by atoms with van der Waals surface area (Å²) in [5.74, 6) is 7.55. The molecule has 2 fully saturated rings. The third-order valence-corrected chi connectivity index (χ3v) is 6.53. The van der Waals surface area contributed by atoms with E-state index in [4.69, 9.17) is 4.74 Å². The Hall–Kier alpha value is -2.89. The average Bonchev–Trinajstić information content (AvgIpc) is 3.33. The van der Waals surface area contributed by atoms with E-state index in [1.54, 1.807) is 7.11 Å². The van der Waals surface area contributed by atoms with Gasteiger partial charge in [0, 0.05) is 62.7 Å². The molecule has 1 amide bonds. The van der Waals surface area contributed by atoms with Gasteiger partial charge in [-0.3, -0.25) is 9.48 Å². The highest BCUT2D eigenvalue weighted by Gasteiger charge is 2.31. The van der Waals surface area contributed by atoms with Gasteiger partial charge in [-0.15, -0.1) is 0 Å². The molecular weight excluding hydrogens is 416 g/mol. The number of pyridine rings is 1. The van der Waals surface area contributed by atoms with E-state index >= 15 is 0 Å². The van der Waals surface area contributed by atoms with Gasteiger partial charge in [0.2, 0.25) is 5.91 Å². The number of nitrogens with one attached hydrogen (secondary N) is 1. The van der Waals surface area contributed by atoms with Crippen molar-refractivity contribution in [2.45, 2.75) is 38.3 Å². The van der Waals surface area contributed by atoms with E-state index in [9.17, 15) is 4.79 Å². The smallest absolute Gasteiger partial charge is 0.225 e. The Labute approximate surface area is 196 Å². The number of ether oxygens (including phenoxy) is 1. The Bertz CT molecular complexity index is 961. The first-order chi connectivity index (χ1) is 16.2. The summed E-state index contributed by atoms with van der Waals surface area (Å²) < 4.78 is 7.22. The minimum atomic E-state index is 0.113. The molecule has 2 aliphatic heterocycles. The molecule has 0 unspecified atom stereocenters. The molecule has 0 bridgehead atoms. The van der Waals surface area contributed by atoms with E-state index < -0.39 is 0 Å². The van der Waals surface area contributed by atoms with Crippen molar-refractivity contribution in [3.05, 3.63) is 41.9 Å². The minimum absolute atomic E-state index is 0.113. The van der Waals surface area contributed by atoms with Gasteiger partial charge in [-0.05, 0) is 44.9 Å². The zero-order valence-corrected chi connectivity index (χ0v) is 19.7. The fraction of sp³-hybridized carbons (Fsp3) is 0.560. The number of hydrogen-bond acceptors (Lipinski definition) is 6. The monoisotopic (exact) mass is 450 g/mol. The molecule has 4 rings (SSSR count). The molecule has 0 spiro atoms. The quantitative estimate of drug-likeness (QED) is 0.680. The predicted octanol–water partition coefficient (Wildman–Crippen LogP) is 2.08. The maximum Gasteiger partial charge on any atom is 0.225 e. The number of nitrogens with zero attached hydrogens (tertiary/aromatic N) is 5. The van der Waals surface area contributed by atoms with Gasteiger partial charge in [-0.1, -0.05) is 11.8 Å². The normalized spacial score (nSPS) is 17.6. The molecule has 2 aromatic heterocycles. The van der Waals surface area contributed by atoms with Crippen LogP contribution in [-0.4, -0.2) is 72.5 Å². The van der Waals surface area contributed by atoms with Crippen molar-refractivity contribution in [2.75, 3.05) is 51.8 Å². The van der Waals surface area contributed by atoms with Crippen LogP contribution < -0.4 is 10.2 Å². The molecule has 1 N–H and O–H groups in total. The molecule has 0 aromatic carbocycles. The Morgan fingerprint density at radius 1 is 1.15 bits per heavy atom. The zero-order valence-electron chi connectivity index (χ0n) is 19.7. The summed E-state index contributed by atoms with van der Waals surface area (Å²) >= 11 is 0. The average molecular weight is 451 g/mol. The molecule has 2 saturated heterocycles. The van der Waals surface area contributed by atoms with Crippen LogP contribution in [-0.2, 0) is 16.1 Å². The number of likely N-dealkylation sites (tertiary alicyclic amines) is 1. The van der Waals surface area contributed by atoms with E-state index in [2.05, 4.69) is 43.2 Å². The number of piperidine rings is 2. The standard InChI is InChI=1S/C25H34N6O2/c1-26-11-3-4-20-5-6-24(27-16-20)29-12-7-22(8-13-29)25(32)30-14-9-23(10-15-30)31-18-21(17-28-31)19-33-2/h5-6,16-18,22-23,26H,7-15,19H2,1-2H3. The second-order valence-electron chi connectivity index (χ2n) is 8.82. The Kier molecular flexibility index (Phi) is 7.97. The van der Waals surface area contributed by atoms with Crippen molar-refractivity contribution < 1.29 is 9.53 Å². The van der Waals surface area contributed by atoms with Crippen molar-refractivity contribution in [1.29, 1.82) is 0 Å². The van der Waals surface area contributed by atoms with Crippen molar-refractivity contribution >= 4 is 11.7 Å². The summed E-state index contributed by atoms with van der Waals surface area (Å²) in [4.78, 5) is 22.1. The highest BCUT2D eigenvalue weighted by atomic mass is 16.5. The van der Waals surface area contributed by atoms with Gasteiger partial charge < -0.3 is 19.9 Å². The van der Waals surface area contributed by atoms with Gasteiger partial charge in [0.05, 0.1) is 25.4 Å². The van der Waals surface area contributed by atoms with Gasteiger partial charge in [0.1, 0.15) is 5.82 Å². The first-order valence-corrected chi connectivity index (χ1v) is 11.8. The molecule has 8 heteroatoms. The van der Waals surface area contributed by atoms with Crippen molar-refractivity contribution in [2.24, 2.45) is 5.92 Å². The summed E-state index contributed by atoms with van der Waals surface area (Å²) in [6.45, 7) is 4.59. The first-order valence-electron chi connectivity index (χ1n) is 11.8.